The highest BCUT2D eigenvalue weighted by atomic mass is 16.6. The van der Waals surface area contributed by atoms with Gasteiger partial charge in [-0.1, -0.05) is 37.8 Å². The van der Waals surface area contributed by atoms with Crippen molar-refractivity contribution >= 4 is 17.5 Å². The monoisotopic (exact) mass is 271 g/mol. The van der Waals surface area contributed by atoms with E-state index in [1.165, 1.54) is 32.6 Å². The van der Waals surface area contributed by atoms with Gasteiger partial charge in [0.1, 0.15) is 6.61 Å². The normalized spacial score (nSPS) is 11.2. The van der Waals surface area contributed by atoms with Crippen LogP contribution in [0.2, 0.25) is 0 Å². The summed E-state index contributed by atoms with van der Waals surface area (Å²) < 4.78 is 4.72. The van der Waals surface area contributed by atoms with Crippen LogP contribution in [0.5, 0.6) is 0 Å². The van der Waals surface area contributed by atoms with Gasteiger partial charge in [0.25, 0.3) is 0 Å². The summed E-state index contributed by atoms with van der Waals surface area (Å²) in [6.07, 6.45) is 6.85. The molecule has 0 spiro atoms. The van der Waals surface area contributed by atoms with E-state index in [0.29, 0.717) is 6.61 Å². The maximum atomic E-state index is 11.4. The van der Waals surface area contributed by atoms with E-state index in [1.807, 2.05) is 0 Å². The number of ketones is 1. The van der Waals surface area contributed by atoms with Crippen molar-refractivity contribution < 1.29 is 19.2 Å². The van der Waals surface area contributed by atoms with Crippen molar-refractivity contribution in [2.24, 2.45) is 5.16 Å². The largest absolute Gasteiger partial charge is 0.461 e. The third-order valence-electron chi connectivity index (χ3n) is 2.55. The molecular formula is C14H25NO4. The summed E-state index contributed by atoms with van der Waals surface area (Å²) in [5.74, 6) is -1.17. The number of ether oxygens (including phenoxy) is 1. The molecule has 0 fully saturated rings. The van der Waals surface area contributed by atoms with Crippen LogP contribution < -0.4 is 0 Å². The Balaban J connectivity index is 3.86. The molecule has 0 saturated heterocycles. The van der Waals surface area contributed by atoms with Gasteiger partial charge in [0.05, 0.1) is 6.61 Å². The van der Waals surface area contributed by atoms with E-state index in [4.69, 9.17) is 9.57 Å². The quantitative estimate of drug-likeness (QED) is 0.190. The number of oxime groups is 1. The zero-order chi connectivity index (χ0) is 14.5. The summed E-state index contributed by atoms with van der Waals surface area (Å²) in [7, 11) is 0. The van der Waals surface area contributed by atoms with Crippen LogP contribution in [0.1, 0.15) is 59.3 Å². The lowest BCUT2D eigenvalue weighted by molar-refractivity contribution is -0.136. The molecule has 0 amide bonds. The number of Topliss-reactive ketones (excluding diaryl/α,β-unsaturated/α-hetero) is 1. The highest BCUT2D eigenvalue weighted by Gasteiger charge is 2.18. The molecule has 19 heavy (non-hydrogen) atoms. The van der Waals surface area contributed by atoms with Gasteiger partial charge in [-0.3, -0.25) is 4.79 Å². The molecule has 0 unspecified atom stereocenters. The lowest BCUT2D eigenvalue weighted by Crippen LogP contribution is -2.24. The zero-order valence-corrected chi connectivity index (χ0v) is 12.2. The van der Waals surface area contributed by atoms with Gasteiger partial charge < -0.3 is 9.57 Å². The lowest BCUT2D eigenvalue weighted by Gasteiger charge is -2.03. The number of carbonyl (C=O) groups excluding carboxylic acids is 2. The van der Waals surface area contributed by atoms with E-state index < -0.39 is 11.8 Å². The Hall–Kier alpha value is -1.39. The molecule has 0 aromatic heterocycles. The molecule has 0 radical (unpaired) electrons. The maximum absolute atomic E-state index is 11.4. The summed E-state index contributed by atoms with van der Waals surface area (Å²) in [5.41, 5.74) is -0.271. The summed E-state index contributed by atoms with van der Waals surface area (Å²) in [4.78, 5) is 27.6. The highest BCUT2D eigenvalue weighted by molar-refractivity contribution is 6.63. The summed E-state index contributed by atoms with van der Waals surface area (Å²) in [5, 5.41) is 3.57. The highest BCUT2D eigenvalue weighted by Crippen LogP contribution is 2.05. The number of esters is 1. The molecule has 0 aromatic carbocycles. The molecule has 5 nitrogen and oxygen atoms in total. The second kappa shape index (κ2) is 11.7. The first-order chi connectivity index (χ1) is 9.13. The minimum absolute atomic E-state index is 0.211. The number of nitrogens with zero attached hydrogens (tertiary/aromatic N) is 1. The van der Waals surface area contributed by atoms with Gasteiger partial charge in [0.15, 0.2) is 5.78 Å². The fourth-order valence-electron chi connectivity index (χ4n) is 1.50. The van der Waals surface area contributed by atoms with Crippen molar-refractivity contribution in [3.63, 3.8) is 0 Å². The molecule has 0 aliphatic carbocycles. The maximum Gasteiger partial charge on any atom is 0.364 e. The van der Waals surface area contributed by atoms with E-state index >= 15 is 0 Å². The predicted molar refractivity (Wildman–Crippen MR) is 74.1 cm³/mol. The van der Waals surface area contributed by atoms with Crippen LogP contribution in [0, 0.1) is 0 Å². The first-order valence-electron chi connectivity index (χ1n) is 7.01. The van der Waals surface area contributed by atoms with Gasteiger partial charge in [-0.05, 0) is 19.8 Å². The molecule has 110 valence electrons. The van der Waals surface area contributed by atoms with Crippen molar-refractivity contribution in [2.75, 3.05) is 13.2 Å². The molecule has 0 aliphatic heterocycles. The Kier molecular flexibility index (Phi) is 10.8. The molecule has 0 N–H and O–H groups in total. The molecule has 0 saturated carbocycles. The van der Waals surface area contributed by atoms with Crippen LogP contribution in [0.25, 0.3) is 0 Å². The Morgan fingerprint density at radius 1 is 1.00 bits per heavy atom. The van der Waals surface area contributed by atoms with Gasteiger partial charge in [-0.15, -0.1) is 0 Å². The Morgan fingerprint density at radius 3 is 2.21 bits per heavy atom. The van der Waals surface area contributed by atoms with E-state index in [1.54, 1.807) is 6.92 Å². The minimum Gasteiger partial charge on any atom is -0.461 e. The summed E-state index contributed by atoms with van der Waals surface area (Å²) in [6.45, 7) is 5.75. The molecule has 0 bridgehead atoms. The average Bonchev–Trinajstić information content (AvgIpc) is 2.36. The van der Waals surface area contributed by atoms with Crippen LogP contribution in [-0.4, -0.2) is 30.7 Å². The molecule has 0 rings (SSSR count). The standard InChI is InChI=1S/C14H25NO4/c1-4-6-7-8-9-10-11-19-15-13(12(3)16)14(17)18-5-2/h4-11H2,1-3H3/b15-13+. The Morgan fingerprint density at radius 2 is 1.63 bits per heavy atom. The fraction of sp³-hybridized carbons (Fsp3) is 0.786. The van der Waals surface area contributed by atoms with E-state index in [9.17, 15) is 9.59 Å². The van der Waals surface area contributed by atoms with Crippen molar-refractivity contribution in [1.82, 2.24) is 0 Å². The van der Waals surface area contributed by atoms with Gasteiger partial charge in [0, 0.05) is 6.92 Å². The van der Waals surface area contributed by atoms with E-state index in [-0.39, 0.29) is 12.3 Å². The number of hydrogen-bond acceptors (Lipinski definition) is 5. The second-order valence-corrected chi connectivity index (χ2v) is 4.32. The van der Waals surface area contributed by atoms with Gasteiger partial charge in [-0.2, -0.15) is 0 Å². The average molecular weight is 271 g/mol. The van der Waals surface area contributed by atoms with Gasteiger partial charge >= 0.3 is 5.97 Å². The van der Waals surface area contributed by atoms with Gasteiger partial charge in [0.2, 0.25) is 5.71 Å². The van der Waals surface area contributed by atoms with Crippen LogP contribution in [-0.2, 0) is 19.2 Å². The first-order valence-corrected chi connectivity index (χ1v) is 7.01. The van der Waals surface area contributed by atoms with Crippen LogP contribution in [0.4, 0.5) is 0 Å². The second-order valence-electron chi connectivity index (χ2n) is 4.32. The van der Waals surface area contributed by atoms with Crippen molar-refractivity contribution in [2.45, 2.75) is 59.3 Å². The topological polar surface area (TPSA) is 65.0 Å². The molecule has 0 heterocycles. The van der Waals surface area contributed by atoms with Crippen LogP contribution in [0.3, 0.4) is 0 Å². The third kappa shape index (κ3) is 9.22. The number of rotatable bonds is 11. The summed E-state index contributed by atoms with van der Waals surface area (Å²) in [6, 6.07) is 0. The van der Waals surface area contributed by atoms with Crippen molar-refractivity contribution in [3.8, 4) is 0 Å². The van der Waals surface area contributed by atoms with Crippen LogP contribution >= 0.6 is 0 Å². The van der Waals surface area contributed by atoms with Crippen molar-refractivity contribution in [1.29, 1.82) is 0 Å². The molecule has 0 aliphatic rings. The van der Waals surface area contributed by atoms with E-state index in [2.05, 4.69) is 12.1 Å². The zero-order valence-electron chi connectivity index (χ0n) is 12.2. The summed E-state index contributed by atoms with van der Waals surface area (Å²) >= 11 is 0. The molecule has 0 atom stereocenters. The Labute approximate surface area is 115 Å². The first kappa shape index (κ1) is 17.6. The smallest absolute Gasteiger partial charge is 0.364 e. The molecular weight excluding hydrogens is 246 g/mol. The number of carbonyl (C=O) groups is 2. The van der Waals surface area contributed by atoms with E-state index in [0.717, 1.165) is 12.8 Å². The number of hydrogen-bond donors (Lipinski definition) is 0. The third-order valence-corrected chi connectivity index (χ3v) is 2.55. The number of unbranched alkanes of at least 4 members (excludes halogenated alkanes) is 5. The van der Waals surface area contributed by atoms with Crippen LogP contribution in [0.15, 0.2) is 5.16 Å². The lowest BCUT2D eigenvalue weighted by atomic mass is 10.1. The van der Waals surface area contributed by atoms with Gasteiger partial charge in [-0.25, -0.2) is 4.79 Å². The van der Waals surface area contributed by atoms with Crippen molar-refractivity contribution in [3.05, 3.63) is 0 Å². The fourth-order valence-corrected chi connectivity index (χ4v) is 1.50. The molecule has 5 heteroatoms. The SMILES string of the molecule is CCCCCCCCO/N=C(\C(C)=O)C(=O)OCC. The molecule has 0 aromatic rings. The minimum atomic E-state index is -0.724. The Bertz CT molecular complexity index is 300. The predicted octanol–water partition coefficient (Wildman–Crippen LogP) is 2.87.